The molecule has 1 saturated heterocycles. The Balaban J connectivity index is 0. The van der Waals surface area contributed by atoms with Crippen molar-refractivity contribution in [2.45, 2.75) is 54.9 Å². The normalized spacial score (nSPS) is 14.5. The first-order chi connectivity index (χ1) is 11.2. The predicted octanol–water partition coefficient (Wildman–Crippen LogP) is 5.94. The van der Waals surface area contributed by atoms with E-state index in [0.717, 1.165) is 19.1 Å². The molecule has 4 heteroatoms. The molecule has 2 aromatic rings. The minimum Gasteiger partial charge on any atom is -0.381 e. The van der Waals surface area contributed by atoms with Gasteiger partial charge in [-0.15, -0.1) is 11.3 Å². The number of ether oxygens (including phenoxy) is 1. The quantitative estimate of drug-likeness (QED) is 0.596. The summed E-state index contributed by atoms with van der Waals surface area (Å²) in [6.07, 6.45) is 6.72. The summed E-state index contributed by atoms with van der Waals surface area (Å²) in [5.41, 5.74) is 3.04. The number of rotatable bonds is 0. The van der Waals surface area contributed by atoms with Gasteiger partial charge in [-0.1, -0.05) is 40.7 Å². The number of aromatic nitrogens is 2. The maximum atomic E-state index is 5.06. The zero-order valence-corrected chi connectivity index (χ0v) is 16.7. The molecule has 1 aliphatic heterocycles. The first-order valence-electron chi connectivity index (χ1n) is 8.48. The Bertz CT molecular complexity index is 412. The summed E-state index contributed by atoms with van der Waals surface area (Å²) in [4.78, 5) is 9.00. The van der Waals surface area contributed by atoms with Gasteiger partial charge in [0.05, 0.1) is 5.51 Å². The lowest BCUT2D eigenvalue weighted by atomic mass is 10.2. The summed E-state index contributed by atoms with van der Waals surface area (Å²) in [6.45, 7) is 16.2. The van der Waals surface area contributed by atoms with Crippen molar-refractivity contribution in [2.24, 2.45) is 5.92 Å². The molecule has 1 atom stereocenters. The fourth-order valence-corrected chi connectivity index (χ4v) is 1.79. The molecule has 1 unspecified atom stereocenters. The van der Waals surface area contributed by atoms with E-state index in [-0.39, 0.29) is 0 Å². The third kappa shape index (κ3) is 16.9. The lowest BCUT2D eigenvalue weighted by Crippen LogP contribution is -1.88. The Morgan fingerprint density at radius 3 is 1.96 bits per heavy atom. The van der Waals surface area contributed by atoms with Gasteiger partial charge in [0.25, 0.3) is 0 Å². The third-order valence-electron chi connectivity index (χ3n) is 2.52. The van der Waals surface area contributed by atoms with E-state index in [1.165, 1.54) is 16.9 Å². The van der Waals surface area contributed by atoms with Crippen LogP contribution in [-0.4, -0.2) is 23.2 Å². The molecule has 23 heavy (non-hydrogen) atoms. The average Bonchev–Trinajstić information content (AvgIpc) is 3.27. The number of pyridine rings is 1. The minimum atomic E-state index is 0.824. The van der Waals surface area contributed by atoms with Crippen molar-refractivity contribution >= 4 is 11.3 Å². The van der Waals surface area contributed by atoms with Crippen molar-refractivity contribution in [1.82, 2.24) is 9.97 Å². The van der Waals surface area contributed by atoms with E-state index >= 15 is 0 Å². The summed E-state index contributed by atoms with van der Waals surface area (Å²) >= 11 is 1.67. The van der Waals surface area contributed by atoms with Crippen molar-refractivity contribution < 1.29 is 4.74 Å². The Morgan fingerprint density at radius 2 is 1.78 bits per heavy atom. The molecule has 0 amide bonds. The van der Waals surface area contributed by atoms with Gasteiger partial charge in [0, 0.05) is 36.7 Å². The zero-order chi connectivity index (χ0) is 17.9. The highest BCUT2D eigenvalue weighted by Crippen LogP contribution is 2.09. The Labute approximate surface area is 147 Å². The van der Waals surface area contributed by atoms with Gasteiger partial charge in [-0.3, -0.25) is 9.97 Å². The number of nitrogens with zero attached hydrogens (tertiary/aromatic N) is 2. The minimum absolute atomic E-state index is 0.824. The Hall–Kier alpha value is -1.26. The molecule has 3 rings (SSSR count). The molecular formula is C19H34N2OS. The van der Waals surface area contributed by atoms with Crippen LogP contribution in [0.1, 0.15) is 51.5 Å². The number of thiazole rings is 1. The van der Waals surface area contributed by atoms with Crippen molar-refractivity contribution in [3.05, 3.63) is 46.7 Å². The van der Waals surface area contributed by atoms with Gasteiger partial charge in [0.2, 0.25) is 0 Å². The molecule has 3 nitrogen and oxygen atoms in total. The second kappa shape index (κ2) is 18.8. The molecule has 0 bridgehead atoms. The second-order valence-electron chi connectivity index (χ2n) is 4.61. The monoisotopic (exact) mass is 338 g/mol. The summed E-state index contributed by atoms with van der Waals surface area (Å²) < 4.78 is 5.06. The van der Waals surface area contributed by atoms with Crippen LogP contribution >= 0.6 is 11.3 Å². The van der Waals surface area contributed by atoms with Crippen LogP contribution in [0, 0.1) is 19.8 Å². The van der Waals surface area contributed by atoms with E-state index in [1.54, 1.807) is 17.5 Å². The van der Waals surface area contributed by atoms with Gasteiger partial charge >= 0.3 is 0 Å². The summed E-state index contributed by atoms with van der Waals surface area (Å²) in [5, 5.41) is 0. The molecule has 132 valence electrons. The molecule has 0 N–H and O–H groups in total. The first-order valence-corrected chi connectivity index (χ1v) is 9.36. The molecular weight excluding hydrogens is 304 g/mol. The molecule has 0 radical (unpaired) electrons. The van der Waals surface area contributed by atoms with E-state index in [4.69, 9.17) is 4.74 Å². The molecule has 0 spiro atoms. The molecule has 0 aromatic carbocycles. The van der Waals surface area contributed by atoms with E-state index in [9.17, 15) is 0 Å². The van der Waals surface area contributed by atoms with Crippen molar-refractivity contribution in [3.63, 3.8) is 0 Å². The van der Waals surface area contributed by atoms with Crippen LogP contribution in [-0.2, 0) is 4.74 Å². The van der Waals surface area contributed by atoms with Gasteiger partial charge in [0.1, 0.15) is 0 Å². The number of hydrogen-bond donors (Lipinski definition) is 0. The lowest BCUT2D eigenvalue weighted by Gasteiger charge is -1.89. The topological polar surface area (TPSA) is 35.0 Å². The smallest absolute Gasteiger partial charge is 0.0794 e. The third-order valence-corrected chi connectivity index (χ3v) is 3.23. The van der Waals surface area contributed by atoms with Crippen LogP contribution in [0.2, 0.25) is 0 Å². The first kappa shape index (κ1) is 24.0. The highest BCUT2D eigenvalue weighted by Gasteiger charge is 2.07. The Kier molecular flexibility index (Phi) is 19.6. The van der Waals surface area contributed by atoms with Crippen LogP contribution in [0.25, 0.3) is 0 Å². The summed E-state index contributed by atoms with van der Waals surface area (Å²) in [6, 6.07) is 3.95. The zero-order valence-electron chi connectivity index (χ0n) is 15.9. The van der Waals surface area contributed by atoms with Crippen LogP contribution in [0.4, 0.5) is 0 Å². The van der Waals surface area contributed by atoms with Gasteiger partial charge < -0.3 is 4.74 Å². The highest BCUT2D eigenvalue weighted by atomic mass is 32.1. The van der Waals surface area contributed by atoms with Gasteiger partial charge in [-0.25, -0.2) is 0 Å². The van der Waals surface area contributed by atoms with Crippen LogP contribution < -0.4 is 0 Å². The maximum Gasteiger partial charge on any atom is 0.0794 e. The number of aryl methyl sites for hydroxylation is 2. The van der Waals surface area contributed by atoms with E-state index in [2.05, 4.69) is 16.9 Å². The van der Waals surface area contributed by atoms with Crippen molar-refractivity contribution in [2.75, 3.05) is 13.2 Å². The fraction of sp³-hybridized carbons (Fsp3) is 0.579. The SMILES string of the molecule is CC.CC.CC1CCOC1.Cc1cccnc1.Cc1cncs1. The van der Waals surface area contributed by atoms with Crippen LogP contribution in [0.15, 0.2) is 36.2 Å². The Morgan fingerprint density at radius 1 is 1.09 bits per heavy atom. The fourth-order valence-electron chi connectivity index (χ4n) is 1.38. The highest BCUT2D eigenvalue weighted by molar-refractivity contribution is 7.09. The molecule has 2 aromatic heterocycles. The largest absolute Gasteiger partial charge is 0.381 e. The van der Waals surface area contributed by atoms with Gasteiger partial charge in [-0.2, -0.15) is 0 Å². The van der Waals surface area contributed by atoms with Crippen LogP contribution in [0.5, 0.6) is 0 Å². The molecule has 0 aliphatic carbocycles. The van der Waals surface area contributed by atoms with E-state index in [0.29, 0.717) is 0 Å². The van der Waals surface area contributed by atoms with E-state index < -0.39 is 0 Å². The summed E-state index contributed by atoms with van der Waals surface area (Å²) in [7, 11) is 0. The maximum absolute atomic E-state index is 5.06. The van der Waals surface area contributed by atoms with Crippen LogP contribution in [0.3, 0.4) is 0 Å². The van der Waals surface area contributed by atoms with Crippen molar-refractivity contribution in [3.8, 4) is 0 Å². The average molecular weight is 339 g/mol. The van der Waals surface area contributed by atoms with Gasteiger partial charge in [0.15, 0.2) is 0 Å². The molecule has 0 saturated carbocycles. The molecule has 3 heterocycles. The predicted molar refractivity (Wildman–Crippen MR) is 103 cm³/mol. The number of hydrogen-bond acceptors (Lipinski definition) is 4. The second-order valence-corrected chi connectivity index (χ2v) is 5.70. The molecule has 1 fully saturated rings. The standard InChI is InChI=1S/C6H7N.C5H10O.C4H5NS.2C2H6/c1-6-3-2-4-7-5-6;1-5-2-3-6-4-5;1-4-2-5-3-6-4;2*1-2/h2-5H,1H3;5H,2-4H2,1H3;2-3H,1H3;2*1-2H3. The van der Waals surface area contributed by atoms with Crippen molar-refractivity contribution in [1.29, 1.82) is 0 Å². The lowest BCUT2D eigenvalue weighted by molar-refractivity contribution is 0.188. The van der Waals surface area contributed by atoms with E-state index in [1.807, 2.05) is 71.6 Å². The summed E-state index contributed by atoms with van der Waals surface area (Å²) in [5.74, 6) is 0.824. The van der Waals surface area contributed by atoms with Gasteiger partial charge in [-0.05, 0) is 37.8 Å². The molecule has 1 aliphatic rings.